The smallest absolute Gasteiger partial charge is 0.113 e. The van der Waals surface area contributed by atoms with E-state index >= 15 is 0 Å². The summed E-state index contributed by atoms with van der Waals surface area (Å²) in [5.41, 5.74) is 2.55. The topological polar surface area (TPSA) is 9.23 Å². The van der Waals surface area contributed by atoms with Crippen molar-refractivity contribution in [2.45, 2.75) is 56.0 Å². The molecule has 0 aromatic heterocycles. The minimum Gasteiger partial charge on any atom is -0.355 e. The van der Waals surface area contributed by atoms with Gasteiger partial charge >= 0.3 is 0 Å². The van der Waals surface area contributed by atoms with Gasteiger partial charge in [-0.25, -0.2) is 0 Å². The lowest BCUT2D eigenvalue weighted by Gasteiger charge is -2.46. The number of thiol groups is 1. The fourth-order valence-electron chi connectivity index (χ4n) is 3.95. The van der Waals surface area contributed by atoms with Crippen molar-refractivity contribution in [2.75, 3.05) is 0 Å². The van der Waals surface area contributed by atoms with Gasteiger partial charge in [0.15, 0.2) is 0 Å². The molecule has 3 heteroatoms. The van der Waals surface area contributed by atoms with E-state index in [0.717, 1.165) is 12.8 Å². The largest absolute Gasteiger partial charge is 0.355 e. The molecule has 24 heavy (non-hydrogen) atoms. The van der Waals surface area contributed by atoms with Crippen LogP contribution in [-0.2, 0) is 10.3 Å². The van der Waals surface area contributed by atoms with Crippen LogP contribution in [0.3, 0.4) is 0 Å². The second kappa shape index (κ2) is 8.46. The molecule has 1 aliphatic rings. The summed E-state index contributed by atoms with van der Waals surface area (Å²) in [6.07, 6.45) is 5.69. The summed E-state index contributed by atoms with van der Waals surface area (Å²) in [6.45, 7) is 2.17. The molecule has 3 atom stereocenters. The van der Waals surface area contributed by atoms with Gasteiger partial charge < -0.3 is 4.74 Å². The first kappa shape index (κ1) is 17.9. The molecule has 1 saturated carbocycles. The molecule has 0 saturated heterocycles. The van der Waals surface area contributed by atoms with Crippen LogP contribution >= 0.6 is 22.5 Å². The van der Waals surface area contributed by atoms with Crippen LogP contribution in [0.25, 0.3) is 0 Å². The maximum absolute atomic E-state index is 6.82. The van der Waals surface area contributed by atoms with Crippen LogP contribution < -0.4 is 0 Å². The van der Waals surface area contributed by atoms with Gasteiger partial charge in [0.05, 0.1) is 0 Å². The first-order chi connectivity index (χ1) is 11.8. The molecule has 0 heterocycles. The van der Waals surface area contributed by atoms with Crippen LogP contribution in [0, 0.1) is 0 Å². The molecule has 0 N–H and O–H groups in total. The zero-order chi connectivity index (χ0) is 16.8. The Hall–Kier alpha value is -0.900. The van der Waals surface area contributed by atoms with Crippen molar-refractivity contribution in [3.63, 3.8) is 0 Å². The first-order valence-corrected chi connectivity index (χ1v) is 10.8. The summed E-state index contributed by atoms with van der Waals surface area (Å²) in [5, 5.41) is 0. The third-order valence-corrected chi connectivity index (χ3v) is 6.48. The van der Waals surface area contributed by atoms with E-state index < -0.39 is 0 Å². The Morgan fingerprint density at radius 2 is 1.75 bits per heavy atom. The molecular formula is C21H26OS2. The first-order valence-electron chi connectivity index (χ1n) is 8.88. The van der Waals surface area contributed by atoms with Gasteiger partial charge in [-0.3, -0.25) is 0 Å². The molecule has 3 rings (SSSR count). The second-order valence-corrected chi connectivity index (χ2v) is 7.89. The summed E-state index contributed by atoms with van der Waals surface area (Å²) < 4.78 is 6.82. The molecule has 0 bridgehead atoms. The fraction of sp³-hybridized carbons (Fsp3) is 0.429. The van der Waals surface area contributed by atoms with Crippen molar-refractivity contribution in [3.05, 3.63) is 71.8 Å². The normalized spacial score (nSPS) is 25.3. The second-order valence-electron chi connectivity index (χ2n) is 6.53. The predicted molar refractivity (Wildman–Crippen MR) is 108 cm³/mol. The standard InChI is InChI=1S/C21H26OS2/c1-2-20(24-23)22-21(18-13-7-4-8-14-18)16-10-9-15-19(21)17-11-5-3-6-12-17/h3-8,11-14,19-20,23H,2,9-10,15-16H2,1H3. The van der Waals surface area contributed by atoms with Crippen molar-refractivity contribution >= 4 is 22.5 Å². The minimum atomic E-state index is -0.253. The van der Waals surface area contributed by atoms with E-state index in [0.29, 0.717) is 5.92 Å². The number of ether oxygens (including phenoxy) is 1. The Morgan fingerprint density at radius 1 is 1.08 bits per heavy atom. The Balaban J connectivity index is 2.07. The summed E-state index contributed by atoms with van der Waals surface area (Å²) in [5.74, 6) is 0.393. The molecular weight excluding hydrogens is 332 g/mol. The average Bonchev–Trinajstić information content (AvgIpc) is 2.68. The van der Waals surface area contributed by atoms with Gasteiger partial charge in [0.25, 0.3) is 0 Å². The molecule has 1 nitrogen and oxygen atoms in total. The minimum absolute atomic E-state index is 0.109. The number of hydrogen-bond acceptors (Lipinski definition) is 3. The van der Waals surface area contributed by atoms with Crippen LogP contribution in [-0.4, -0.2) is 5.44 Å². The van der Waals surface area contributed by atoms with Crippen LogP contribution in [0.4, 0.5) is 0 Å². The average molecular weight is 359 g/mol. The van der Waals surface area contributed by atoms with Crippen LogP contribution in [0.2, 0.25) is 0 Å². The van der Waals surface area contributed by atoms with Crippen LogP contribution in [0.1, 0.15) is 56.1 Å². The third-order valence-electron chi connectivity index (χ3n) is 5.11. The van der Waals surface area contributed by atoms with Crippen LogP contribution in [0.15, 0.2) is 60.7 Å². The third kappa shape index (κ3) is 3.68. The number of rotatable bonds is 6. The van der Waals surface area contributed by atoms with E-state index in [1.165, 1.54) is 41.2 Å². The van der Waals surface area contributed by atoms with E-state index in [-0.39, 0.29) is 11.0 Å². The van der Waals surface area contributed by atoms with Crippen molar-refractivity contribution in [1.82, 2.24) is 0 Å². The van der Waals surface area contributed by atoms with Gasteiger partial charge in [-0.1, -0.05) is 91.2 Å². The zero-order valence-electron chi connectivity index (χ0n) is 14.2. The maximum atomic E-state index is 6.82. The van der Waals surface area contributed by atoms with Crippen molar-refractivity contribution in [3.8, 4) is 0 Å². The molecule has 1 aliphatic carbocycles. The SMILES string of the molecule is CCC(OC1(c2ccccc2)CCCCC1c1ccccc1)SS. The Morgan fingerprint density at radius 3 is 2.38 bits per heavy atom. The monoisotopic (exact) mass is 358 g/mol. The van der Waals surface area contributed by atoms with E-state index in [1.807, 2.05) is 0 Å². The van der Waals surface area contributed by atoms with Gasteiger partial charge in [0, 0.05) is 5.92 Å². The number of hydrogen-bond donors (Lipinski definition) is 1. The van der Waals surface area contributed by atoms with E-state index in [2.05, 4.69) is 79.2 Å². The lowest BCUT2D eigenvalue weighted by molar-refractivity contribution is -0.104. The lowest BCUT2D eigenvalue weighted by Crippen LogP contribution is -2.41. The summed E-state index contributed by atoms with van der Waals surface area (Å²) in [4.78, 5) is 0. The van der Waals surface area contributed by atoms with Crippen molar-refractivity contribution in [1.29, 1.82) is 0 Å². The van der Waals surface area contributed by atoms with Gasteiger partial charge in [0.1, 0.15) is 11.0 Å². The molecule has 3 unspecified atom stereocenters. The highest BCUT2D eigenvalue weighted by molar-refractivity contribution is 8.68. The molecule has 128 valence electrons. The van der Waals surface area contributed by atoms with Crippen molar-refractivity contribution < 1.29 is 4.74 Å². The van der Waals surface area contributed by atoms with Crippen molar-refractivity contribution in [2.24, 2.45) is 0 Å². The van der Waals surface area contributed by atoms with Gasteiger partial charge in [-0.2, -0.15) is 0 Å². The van der Waals surface area contributed by atoms with Gasteiger partial charge in [-0.05, 0) is 30.4 Å². The van der Waals surface area contributed by atoms with Crippen LogP contribution in [0.5, 0.6) is 0 Å². The van der Waals surface area contributed by atoms with Gasteiger partial charge in [-0.15, -0.1) is 11.7 Å². The van der Waals surface area contributed by atoms with E-state index in [4.69, 9.17) is 4.74 Å². The quantitative estimate of drug-likeness (QED) is 0.355. The molecule has 0 spiro atoms. The zero-order valence-corrected chi connectivity index (χ0v) is 15.9. The molecule has 2 aromatic rings. The lowest BCUT2D eigenvalue weighted by atomic mass is 9.68. The Kier molecular flexibility index (Phi) is 6.31. The Labute approximate surface area is 155 Å². The Bertz CT molecular complexity index is 612. The molecule has 1 fully saturated rings. The molecule has 2 aromatic carbocycles. The fourth-order valence-corrected chi connectivity index (χ4v) is 4.89. The highest BCUT2D eigenvalue weighted by atomic mass is 33.1. The highest BCUT2D eigenvalue weighted by Crippen LogP contribution is 2.51. The predicted octanol–water partition coefficient (Wildman–Crippen LogP) is 6.57. The van der Waals surface area contributed by atoms with E-state index in [1.54, 1.807) is 0 Å². The molecule has 0 amide bonds. The summed E-state index contributed by atoms with van der Waals surface area (Å²) in [6, 6.07) is 21.7. The summed E-state index contributed by atoms with van der Waals surface area (Å²) >= 11 is 4.45. The molecule has 0 aliphatic heterocycles. The number of benzene rings is 2. The molecule has 0 radical (unpaired) electrons. The highest BCUT2D eigenvalue weighted by Gasteiger charge is 2.45. The van der Waals surface area contributed by atoms with E-state index in [9.17, 15) is 0 Å². The summed E-state index contributed by atoms with van der Waals surface area (Å²) in [7, 11) is 1.53. The van der Waals surface area contributed by atoms with Gasteiger partial charge in [0.2, 0.25) is 0 Å². The maximum Gasteiger partial charge on any atom is 0.113 e.